The van der Waals surface area contributed by atoms with Crippen molar-refractivity contribution in [3.05, 3.63) is 60.1 Å². The van der Waals surface area contributed by atoms with E-state index in [0.29, 0.717) is 38.4 Å². The predicted octanol–water partition coefficient (Wildman–Crippen LogP) is 2.83. The fraction of sp³-hybridized carbons (Fsp3) is 0.400. The van der Waals surface area contributed by atoms with Crippen molar-refractivity contribution in [3.8, 4) is 0 Å². The summed E-state index contributed by atoms with van der Waals surface area (Å²) in [5, 5.41) is 0. The van der Waals surface area contributed by atoms with Crippen molar-refractivity contribution in [2.24, 2.45) is 5.41 Å². The van der Waals surface area contributed by atoms with Gasteiger partial charge in [-0.05, 0) is 24.1 Å². The van der Waals surface area contributed by atoms with Gasteiger partial charge < -0.3 is 14.2 Å². The Hall–Kier alpha value is -2.56. The van der Waals surface area contributed by atoms with E-state index in [2.05, 4.69) is 12.1 Å². The summed E-state index contributed by atoms with van der Waals surface area (Å²) in [6, 6.07) is 13.4. The molecule has 5 nitrogen and oxygen atoms in total. The number of carbonyl (C=O) groups excluding carboxylic acids is 2. The number of hydrogen-bond donors (Lipinski definition) is 0. The van der Waals surface area contributed by atoms with Crippen LogP contribution in [0.15, 0.2) is 53.1 Å². The first kappa shape index (κ1) is 17.3. The van der Waals surface area contributed by atoms with Crippen LogP contribution in [0.2, 0.25) is 0 Å². The van der Waals surface area contributed by atoms with E-state index in [1.165, 1.54) is 6.26 Å². The smallest absolute Gasteiger partial charge is 0.289 e. The van der Waals surface area contributed by atoms with Crippen LogP contribution in [0, 0.1) is 5.41 Å². The summed E-state index contributed by atoms with van der Waals surface area (Å²) in [6.45, 7) is 6.16. The summed E-state index contributed by atoms with van der Waals surface area (Å²) in [7, 11) is 0. The highest BCUT2D eigenvalue weighted by molar-refractivity contribution is 5.91. The molecule has 1 aliphatic heterocycles. The Bertz CT molecular complexity index is 715. The standard InChI is InChI=1S/C20H24N2O3/c1-20(2,15-16-7-4-3-5-8-16)19(24)22-12-10-21(11-13-22)18(23)17-9-6-14-25-17/h3-9,14H,10-13,15H2,1-2H3. The number of rotatable bonds is 4. The topological polar surface area (TPSA) is 53.8 Å². The molecule has 25 heavy (non-hydrogen) atoms. The Morgan fingerprint density at radius 2 is 1.60 bits per heavy atom. The first-order valence-corrected chi connectivity index (χ1v) is 8.63. The Labute approximate surface area is 148 Å². The minimum absolute atomic E-state index is 0.111. The molecule has 0 bridgehead atoms. The van der Waals surface area contributed by atoms with Gasteiger partial charge in [0, 0.05) is 31.6 Å². The number of amides is 2. The third kappa shape index (κ3) is 3.92. The van der Waals surface area contributed by atoms with Gasteiger partial charge in [-0.25, -0.2) is 0 Å². The number of piperazine rings is 1. The molecule has 1 fully saturated rings. The van der Waals surface area contributed by atoms with Crippen molar-refractivity contribution in [3.63, 3.8) is 0 Å². The SMILES string of the molecule is CC(C)(Cc1ccccc1)C(=O)N1CCN(C(=O)c2ccco2)CC1. The normalized spacial score (nSPS) is 15.3. The molecule has 3 rings (SSSR count). The van der Waals surface area contributed by atoms with Gasteiger partial charge in [-0.2, -0.15) is 0 Å². The lowest BCUT2D eigenvalue weighted by Crippen LogP contribution is -2.53. The third-order valence-electron chi connectivity index (χ3n) is 4.65. The van der Waals surface area contributed by atoms with Crippen molar-refractivity contribution in [2.75, 3.05) is 26.2 Å². The van der Waals surface area contributed by atoms with Crippen LogP contribution in [0.25, 0.3) is 0 Å². The van der Waals surface area contributed by atoms with Gasteiger partial charge in [0.2, 0.25) is 5.91 Å². The molecule has 0 atom stereocenters. The van der Waals surface area contributed by atoms with E-state index in [4.69, 9.17) is 4.42 Å². The molecule has 2 amide bonds. The van der Waals surface area contributed by atoms with Crippen molar-refractivity contribution < 1.29 is 14.0 Å². The first-order valence-electron chi connectivity index (χ1n) is 8.63. The number of benzene rings is 1. The molecule has 1 saturated heterocycles. The summed E-state index contributed by atoms with van der Waals surface area (Å²) < 4.78 is 5.17. The van der Waals surface area contributed by atoms with Gasteiger partial charge in [0.1, 0.15) is 0 Å². The van der Waals surface area contributed by atoms with Gasteiger partial charge in [0.05, 0.1) is 6.26 Å². The van der Waals surface area contributed by atoms with Crippen molar-refractivity contribution >= 4 is 11.8 Å². The van der Waals surface area contributed by atoms with Crippen LogP contribution < -0.4 is 0 Å². The van der Waals surface area contributed by atoms with Crippen LogP contribution in [0.3, 0.4) is 0 Å². The molecule has 0 aliphatic carbocycles. The van der Waals surface area contributed by atoms with Crippen LogP contribution >= 0.6 is 0 Å². The van der Waals surface area contributed by atoms with Crippen LogP contribution in [0.1, 0.15) is 30.0 Å². The Kier molecular flexibility index (Phi) is 4.93. The summed E-state index contributed by atoms with van der Waals surface area (Å²) >= 11 is 0. The highest BCUT2D eigenvalue weighted by Gasteiger charge is 2.34. The quantitative estimate of drug-likeness (QED) is 0.860. The predicted molar refractivity (Wildman–Crippen MR) is 95.1 cm³/mol. The van der Waals surface area contributed by atoms with Crippen LogP contribution in [-0.4, -0.2) is 47.8 Å². The highest BCUT2D eigenvalue weighted by atomic mass is 16.3. The van der Waals surface area contributed by atoms with Crippen molar-refractivity contribution in [2.45, 2.75) is 20.3 Å². The Balaban J connectivity index is 1.58. The summed E-state index contributed by atoms with van der Waals surface area (Å²) in [5.74, 6) is 0.381. The molecule has 0 unspecified atom stereocenters. The largest absolute Gasteiger partial charge is 0.459 e. The minimum atomic E-state index is -0.464. The van der Waals surface area contributed by atoms with E-state index in [1.807, 2.05) is 36.9 Å². The Morgan fingerprint density at radius 1 is 0.960 bits per heavy atom. The molecule has 1 aromatic heterocycles. The van der Waals surface area contributed by atoms with Crippen LogP contribution in [0.4, 0.5) is 0 Å². The van der Waals surface area contributed by atoms with E-state index in [0.717, 1.165) is 5.56 Å². The lowest BCUT2D eigenvalue weighted by atomic mass is 9.84. The number of nitrogens with zero attached hydrogens (tertiary/aromatic N) is 2. The molecular formula is C20H24N2O3. The first-order chi connectivity index (χ1) is 12.0. The van der Waals surface area contributed by atoms with E-state index in [-0.39, 0.29) is 11.8 Å². The highest BCUT2D eigenvalue weighted by Crippen LogP contribution is 2.25. The lowest BCUT2D eigenvalue weighted by molar-refractivity contribution is -0.141. The molecule has 1 aliphatic rings. The molecule has 0 radical (unpaired) electrons. The van der Waals surface area contributed by atoms with Gasteiger partial charge in [-0.3, -0.25) is 9.59 Å². The van der Waals surface area contributed by atoms with Gasteiger partial charge in [-0.1, -0.05) is 44.2 Å². The Morgan fingerprint density at radius 3 is 2.20 bits per heavy atom. The molecule has 2 heterocycles. The van der Waals surface area contributed by atoms with E-state index in [9.17, 15) is 9.59 Å². The second kappa shape index (κ2) is 7.13. The number of hydrogen-bond acceptors (Lipinski definition) is 3. The molecule has 1 aromatic carbocycles. The van der Waals surface area contributed by atoms with Crippen LogP contribution in [-0.2, 0) is 11.2 Å². The van der Waals surface area contributed by atoms with Gasteiger partial charge in [0.15, 0.2) is 5.76 Å². The average molecular weight is 340 g/mol. The maximum Gasteiger partial charge on any atom is 0.289 e. The van der Waals surface area contributed by atoms with Gasteiger partial charge in [-0.15, -0.1) is 0 Å². The zero-order valence-electron chi connectivity index (χ0n) is 14.8. The molecule has 0 spiro atoms. The number of carbonyl (C=O) groups is 2. The van der Waals surface area contributed by atoms with E-state index in [1.54, 1.807) is 17.0 Å². The number of furan rings is 1. The van der Waals surface area contributed by atoms with Gasteiger partial charge >= 0.3 is 0 Å². The summed E-state index contributed by atoms with van der Waals surface area (Å²) in [4.78, 5) is 28.9. The molecule has 0 N–H and O–H groups in total. The second-order valence-corrected chi connectivity index (χ2v) is 7.11. The molecular weight excluding hydrogens is 316 g/mol. The summed E-state index contributed by atoms with van der Waals surface area (Å²) in [6.07, 6.45) is 2.21. The van der Waals surface area contributed by atoms with Gasteiger partial charge in [0.25, 0.3) is 5.91 Å². The van der Waals surface area contributed by atoms with Crippen LogP contribution in [0.5, 0.6) is 0 Å². The minimum Gasteiger partial charge on any atom is -0.459 e. The third-order valence-corrected chi connectivity index (χ3v) is 4.65. The maximum absolute atomic E-state index is 12.9. The fourth-order valence-electron chi connectivity index (χ4n) is 3.28. The molecule has 5 heteroatoms. The average Bonchev–Trinajstić information content (AvgIpc) is 3.16. The maximum atomic E-state index is 12.9. The zero-order valence-corrected chi connectivity index (χ0v) is 14.8. The lowest BCUT2D eigenvalue weighted by Gasteiger charge is -2.38. The molecule has 0 saturated carbocycles. The van der Waals surface area contributed by atoms with E-state index >= 15 is 0 Å². The van der Waals surface area contributed by atoms with Crippen molar-refractivity contribution in [1.29, 1.82) is 0 Å². The zero-order chi connectivity index (χ0) is 17.9. The van der Waals surface area contributed by atoms with E-state index < -0.39 is 5.41 Å². The van der Waals surface area contributed by atoms with Crippen molar-refractivity contribution in [1.82, 2.24) is 9.80 Å². The summed E-state index contributed by atoms with van der Waals surface area (Å²) in [5.41, 5.74) is 0.696. The fourth-order valence-corrected chi connectivity index (χ4v) is 3.28. The monoisotopic (exact) mass is 340 g/mol. The molecule has 2 aromatic rings. The second-order valence-electron chi connectivity index (χ2n) is 7.11. The molecule has 132 valence electrons.